The fourth-order valence-corrected chi connectivity index (χ4v) is 2.08. The van der Waals surface area contributed by atoms with Crippen molar-refractivity contribution in [1.29, 1.82) is 0 Å². The largest absolute Gasteiger partial charge is 0.313 e. The molecule has 0 radical (unpaired) electrons. The fourth-order valence-electron chi connectivity index (χ4n) is 1.89. The highest BCUT2D eigenvalue weighted by Gasteiger charge is 2.15. The number of hydrogen-bond donors (Lipinski definition) is 1. The quantitative estimate of drug-likeness (QED) is 0.680. The third kappa shape index (κ3) is 3.15. The summed E-state index contributed by atoms with van der Waals surface area (Å²) in [4.78, 5) is 10.6. The number of rotatable bonds is 5. The van der Waals surface area contributed by atoms with Gasteiger partial charge in [-0.3, -0.25) is 14.8 Å². The molecule has 20 heavy (non-hydrogen) atoms. The lowest BCUT2D eigenvalue weighted by Gasteiger charge is -2.06. The highest BCUT2D eigenvalue weighted by molar-refractivity contribution is 6.30. The molecule has 2 rings (SSSR count). The van der Waals surface area contributed by atoms with Crippen LogP contribution >= 0.6 is 11.6 Å². The molecule has 2 aromatic rings. The molecule has 0 aliphatic rings. The SMILES string of the molecule is CNC(C)c1cnn(Cc2cc(Cl)ccc2[N+](=O)[O-])c1. The van der Waals surface area contributed by atoms with Crippen LogP contribution in [0.2, 0.25) is 5.02 Å². The maximum absolute atomic E-state index is 11.0. The number of nitro benzene ring substituents is 1. The highest BCUT2D eigenvalue weighted by Crippen LogP contribution is 2.23. The number of hydrogen-bond acceptors (Lipinski definition) is 4. The molecule has 0 amide bonds. The molecule has 1 unspecified atom stereocenters. The Morgan fingerprint density at radius 3 is 2.95 bits per heavy atom. The smallest absolute Gasteiger partial charge is 0.274 e. The predicted octanol–water partition coefficient (Wildman–Crippen LogP) is 2.77. The Hall–Kier alpha value is -1.92. The molecule has 1 heterocycles. The topological polar surface area (TPSA) is 73.0 Å². The van der Waals surface area contributed by atoms with E-state index in [1.807, 2.05) is 20.2 Å². The molecule has 0 aliphatic carbocycles. The first-order chi connectivity index (χ1) is 9.51. The van der Waals surface area contributed by atoms with Gasteiger partial charge in [0.25, 0.3) is 5.69 Å². The van der Waals surface area contributed by atoms with Crippen molar-refractivity contribution in [3.8, 4) is 0 Å². The van der Waals surface area contributed by atoms with E-state index in [1.54, 1.807) is 16.9 Å². The lowest BCUT2D eigenvalue weighted by Crippen LogP contribution is -2.11. The van der Waals surface area contributed by atoms with Gasteiger partial charge in [0.15, 0.2) is 0 Å². The summed E-state index contributed by atoms with van der Waals surface area (Å²) in [5.74, 6) is 0. The average molecular weight is 295 g/mol. The molecular weight excluding hydrogens is 280 g/mol. The summed E-state index contributed by atoms with van der Waals surface area (Å²) in [7, 11) is 1.86. The molecule has 1 atom stereocenters. The van der Waals surface area contributed by atoms with Gasteiger partial charge in [0.2, 0.25) is 0 Å². The van der Waals surface area contributed by atoms with Crippen LogP contribution in [0.3, 0.4) is 0 Å². The van der Waals surface area contributed by atoms with Gasteiger partial charge in [-0.25, -0.2) is 0 Å². The zero-order valence-corrected chi connectivity index (χ0v) is 12.0. The van der Waals surface area contributed by atoms with Gasteiger partial charge in [0, 0.05) is 28.9 Å². The van der Waals surface area contributed by atoms with Crippen molar-refractivity contribution in [2.45, 2.75) is 19.5 Å². The number of nitrogens with zero attached hydrogens (tertiary/aromatic N) is 3. The molecular formula is C13H15ClN4O2. The van der Waals surface area contributed by atoms with E-state index in [1.165, 1.54) is 12.1 Å². The predicted molar refractivity (Wildman–Crippen MR) is 76.9 cm³/mol. The molecule has 7 heteroatoms. The van der Waals surface area contributed by atoms with Gasteiger partial charge in [-0.05, 0) is 26.1 Å². The molecule has 1 N–H and O–H groups in total. The van der Waals surface area contributed by atoms with E-state index in [9.17, 15) is 10.1 Å². The molecule has 0 bridgehead atoms. The van der Waals surface area contributed by atoms with Gasteiger partial charge in [-0.1, -0.05) is 11.6 Å². The van der Waals surface area contributed by atoms with E-state index >= 15 is 0 Å². The average Bonchev–Trinajstić information content (AvgIpc) is 2.86. The monoisotopic (exact) mass is 294 g/mol. The van der Waals surface area contributed by atoms with Gasteiger partial charge >= 0.3 is 0 Å². The number of nitro groups is 1. The molecule has 0 spiro atoms. The van der Waals surface area contributed by atoms with Crippen LogP contribution in [0, 0.1) is 10.1 Å². The fraction of sp³-hybridized carbons (Fsp3) is 0.308. The van der Waals surface area contributed by atoms with E-state index in [0.717, 1.165) is 5.56 Å². The Bertz CT molecular complexity index is 627. The van der Waals surface area contributed by atoms with Crippen LogP contribution in [0.1, 0.15) is 24.1 Å². The summed E-state index contributed by atoms with van der Waals surface area (Å²) in [5, 5.41) is 18.8. The van der Waals surface area contributed by atoms with E-state index in [-0.39, 0.29) is 11.7 Å². The summed E-state index contributed by atoms with van der Waals surface area (Å²) in [5.41, 5.74) is 1.61. The summed E-state index contributed by atoms with van der Waals surface area (Å²) >= 11 is 5.90. The molecule has 1 aromatic heterocycles. The van der Waals surface area contributed by atoms with Gasteiger partial charge in [0.05, 0.1) is 23.2 Å². The molecule has 106 valence electrons. The Balaban J connectivity index is 2.27. The maximum atomic E-state index is 11.0. The van der Waals surface area contributed by atoms with E-state index < -0.39 is 4.92 Å². The van der Waals surface area contributed by atoms with Gasteiger partial charge in [0.1, 0.15) is 0 Å². The number of nitrogens with one attached hydrogen (secondary N) is 1. The van der Waals surface area contributed by atoms with Gasteiger partial charge in [-0.2, -0.15) is 5.10 Å². The normalized spacial score (nSPS) is 12.3. The first kappa shape index (κ1) is 14.5. The third-order valence-electron chi connectivity index (χ3n) is 3.16. The lowest BCUT2D eigenvalue weighted by molar-refractivity contribution is -0.385. The second-order valence-electron chi connectivity index (χ2n) is 4.51. The summed E-state index contributed by atoms with van der Waals surface area (Å²) in [6.45, 7) is 2.33. The van der Waals surface area contributed by atoms with E-state index in [4.69, 9.17) is 11.6 Å². The van der Waals surface area contributed by atoms with Crippen molar-refractivity contribution >= 4 is 17.3 Å². The zero-order chi connectivity index (χ0) is 14.7. The van der Waals surface area contributed by atoms with Crippen LogP contribution in [-0.2, 0) is 6.54 Å². The van der Waals surface area contributed by atoms with Crippen LogP contribution in [0.25, 0.3) is 0 Å². The summed E-state index contributed by atoms with van der Waals surface area (Å²) in [6.07, 6.45) is 3.61. The Kier molecular flexibility index (Phi) is 4.36. The zero-order valence-electron chi connectivity index (χ0n) is 11.2. The number of aromatic nitrogens is 2. The molecule has 1 aromatic carbocycles. The van der Waals surface area contributed by atoms with Crippen molar-refractivity contribution in [3.63, 3.8) is 0 Å². The van der Waals surface area contributed by atoms with E-state index in [2.05, 4.69) is 10.4 Å². The van der Waals surface area contributed by atoms with Crippen molar-refractivity contribution in [2.75, 3.05) is 7.05 Å². The van der Waals surface area contributed by atoms with Crippen LogP contribution < -0.4 is 5.32 Å². The third-order valence-corrected chi connectivity index (χ3v) is 3.39. The van der Waals surface area contributed by atoms with Crippen LogP contribution in [-0.4, -0.2) is 21.8 Å². The molecule has 0 fully saturated rings. The van der Waals surface area contributed by atoms with E-state index in [0.29, 0.717) is 17.1 Å². The number of benzene rings is 1. The van der Waals surface area contributed by atoms with Gasteiger partial charge in [-0.15, -0.1) is 0 Å². The van der Waals surface area contributed by atoms with Crippen LogP contribution in [0.15, 0.2) is 30.6 Å². The molecule has 6 nitrogen and oxygen atoms in total. The minimum atomic E-state index is -0.410. The first-order valence-electron chi connectivity index (χ1n) is 6.13. The maximum Gasteiger partial charge on any atom is 0.274 e. The summed E-state index contributed by atoms with van der Waals surface area (Å²) < 4.78 is 1.67. The Morgan fingerprint density at radius 1 is 1.55 bits per heavy atom. The number of halogens is 1. The van der Waals surface area contributed by atoms with Crippen molar-refractivity contribution in [1.82, 2.24) is 15.1 Å². The Labute approximate surface area is 121 Å². The Morgan fingerprint density at radius 2 is 2.30 bits per heavy atom. The minimum Gasteiger partial charge on any atom is -0.313 e. The van der Waals surface area contributed by atoms with Crippen LogP contribution in [0.5, 0.6) is 0 Å². The lowest BCUT2D eigenvalue weighted by atomic mass is 10.2. The van der Waals surface area contributed by atoms with Crippen molar-refractivity contribution in [3.05, 3.63) is 56.9 Å². The molecule has 0 saturated heterocycles. The minimum absolute atomic E-state index is 0.0492. The first-order valence-corrected chi connectivity index (χ1v) is 6.51. The standard InChI is InChI=1S/C13H15ClN4O2/c1-9(15-2)11-6-16-17(8-11)7-10-5-12(14)3-4-13(10)18(19)20/h3-6,8-9,15H,7H2,1-2H3. The van der Waals surface area contributed by atoms with Gasteiger partial charge < -0.3 is 5.32 Å². The highest BCUT2D eigenvalue weighted by atomic mass is 35.5. The second kappa shape index (κ2) is 6.02. The van der Waals surface area contributed by atoms with Crippen LogP contribution in [0.4, 0.5) is 5.69 Å². The van der Waals surface area contributed by atoms with Crippen molar-refractivity contribution < 1.29 is 4.92 Å². The van der Waals surface area contributed by atoms with Crippen molar-refractivity contribution in [2.24, 2.45) is 0 Å². The summed E-state index contributed by atoms with van der Waals surface area (Å²) in [6, 6.07) is 4.71. The molecule has 0 saturated carbocycles. The molecule has 0 aliphatic heterocycles. The second-order valence-corrected chi connectivity index (χ2v) is 4.95.